The van der Waals surface area contributed by atoms with Gasteiger partial charge in [-0.1, -0.05) is 48.2 Å². The molecule has 1 atom stereocenters. The van der Waals surface area contributed by atoms with Gasteiger partial charge in [-0.3, -0.25) is 4.79 Å². The topological polar surface area (TPSA) is 70.7 Å². The summed E-state index contributed by atoms with van der Waals surface area (Å²) in [5.41, 5.74) is 2.67. The minimum Gasteiger partial charge on any atom is -0.316 e. The van der Waals surface area contributed by atoms with E-state index in [4.69, 9.17) is 12.2 Å². The molecule has 0 aliphatic heterocycles. The van der Waals surface area contributed by atoms with Gasteiger partial charge in [0.25, 0.3) is 0 Å². The highest BCUT2D eigenvalue weighted by Crippen LogP contribution is 2.39. The molecule has 148 valence electrons. The quantitative estimate of drug-likeness (QED) is 0.406. The van der Waals surface area contributed by atoms with Gasteiger partial charge in [0.1, 0.15) is 11.1 Å². The maximum absolute atomic E-state index is 12.5. The summed E-state index contributed by atoms with van der Waals surface area (Å²) in [5, 5.41) is 17.7. The number of nitriles is 1. The number of nitrogens with one attached hydrogen (secondary N) is 1. The van der Waals surface area contributed by atoms with E-state index in [-0.39, 0.29) is 11.7 Å². The number of para-hydroxylation sites is 1. The standard InChI is InChI=1S/C20H18N4OS4/c1-12-7-8-14-15(10-21)18(28-16(14)9-12)22-17(25)11-27-19-23-24(20(26)29-19)13-5-3-2-4-6-13/h2-6,12H,7-9,11H2,1H3,(H,22,25). The minimum absolute atomic E-state index is 0.134. The fraction of sp³-hybridized carbons (Fsp3) is 0.300. The van der Waals surface area contributed by atoms with Gasteiger partial charge in [-0.25, -0.2) is 4.68 Å². The lowest BCUT2D eigenvalue weighted by molar-refractivity contribution is -0.113. The van der Waals surface area contributed by atoms with Gasteiger partial charge < -0.3 is 5.32 Å². The zero-order valence-electron chi connectivity index (χ0n) is 15.7. The third kappa shape index (κ3) is 4.46. The average Bonchev–Trinajstić information content (AvgIpc) is 3.26. The predicted molar refractivity (Wildman–Crippen MR) is 122 cm³/mol. The largest absolute Gasteiger partial charge is 0.316 e. The molecule has 4 rings (SSSR count). The molecule has 0 saturated heterocycles. The molecule has 1 N–H and O–H groups in total. The van der Waals surface area contributed by atoms with E-state index in [0.717, 1.165) is 34.9 Å². The molecule has 0 spiro atoms. The van der Waals surface area contributed by atoms with Crippen LogP contribution in [0.5, 0.6) is 0 Å². The van der Waals surface area contributed by atoms with Crippen LogP contribution in [0.1, 0.15) is 29.3 Å². The Morgan fingerprint density at radius 1 is 1.41 bits per heavy atom. The van der Waals surface area contributed by atoms with Crippen LogP contribution in [-0.2, 0) is 17.6 Å². The number of thiophene rings is 1. The molecule has 0 saturated carbocycles. The van der Waals surface area contributed by atoms with Crippen LogP contribution < -0.4 is 5.32 Å². The van der Waals surface area contributed by atoms with E-state index < -0.39 is 0 Å². The maximum atomic E-state index is 12.5. The summed E-state index contributed by atoms with van der Waals surface area (Å²) in [7, 11) is 0. The highest BCUT2D eigenvalue weighted by Gasteiger charge is 2.24. The van der Waals surface area contributed by atoms with Crippen molar-refractivity contribution < 1.29 is 4.79 Å². The summed E-state index contributed by atoms with van der Waals surface area (Å²) in [6, 6.07) is 12.0. The zero-order chi connectivity index (χ0) is 20.4. The first-order valence-electron chi connectivity index (χ1n) is 9.18. The molecule has 2 heterocycles. The molecule has 1 amide bonds. The monoisotopic (exact) mass is 458 g/mol. The van der Waals surface area contributed by atoms with E-state index in [1.807, 2.05) is 30.3 Å². The van der Waals surface area contributed by atoms with Gasteiger partial charge >= 0.3 is 0 Å². The van der Waals surface area contributed by atoms with Gasteiger partial charge in [0, 0.05) is 4.88 Å². The number of aromatic nitrogens is 2. The molecule has 0 bridgehead atoms. The summed E-state index contributed by atoms with van der Waals surface area (Å²) >= 11 is 9.69. The lowest BCUT2D eigenvalue weighted by Crippen LogP contribution is -2.14. The third-order valence-electron chi connectivity index (χ3n) is 4.73. The number of hydrogen-bond acceptors (Lipinski definition) is 7. The second-order valence-electron chi connectivity index (χ2n) is 6.89. The van der Waals surface area contributed by atoms with Crippen molar-refractivity contribution in [2.45, 2.75) is 30.5 Å². The Morgan fingerprint density at radius 2 is 2.21 bits per heavy atom. The second-order valence-corrected chi connectivity index (χ2v) is 10.8. The molecular formula is C20H18N4OS4. The van der Waals surface area contributed by atoms with Crippen LogP contribution in [-0.4, -0.2) is 21.4 Å². The number of fused-ring (bicyclic) bond motifs is 1. The number of anilines is 1. The van der Waals surface area contributed by atoms with Crippen molar-refractivity contribution in [3.05, 3.63) is 50.3 Å². The van der Waals surface area contributed by atoms with Gasteiger partial charge in [0.15, 0.2) is 8.29 Å². The average molecular weight is 459 g/mol. The highest BCUT2D eigenvalue weighted by molar-refractivity contribution is 8.01. The number of amides is 1. The van der Waals surface area contributed by atoms with Crippen LogP contribution in [0.4, 0.5) is 5.00 Å². The summed E-state index contributed by atoms with van der Waals surface area (Å²) in [4.78, 5) is 13.7. The number of carbonyl (C=O) groups excluding carboxylic acids is 1. The fourth-order valence-electron chi connectivity index (χ4n) is 3.30. The SMILES string of the molecule is CC1CCc2c(sc(NC(=O)CSc3nn(-c4ccccc4)c(=S)s3)c2C#N)C1. The predicted octanol–water partition coefficient (Wildman–Crippen LogP) is 5.45. The minimum atomic E-state index is -0.134. The van der Waals surface area contributed by atoms with Crippen LogP contribution in [0.15, 0.2) is 34.7 Å². The summed E-state index contributed by atoms with van der Waals surface area (Å²) in [6.07, 6.45) is 3.00. The van der Waals surface area contributed by atoms with E-state index in [1.54, 1.807) is 16.0 Å². The van der Waals surface area contributed by atoms with Gasteiger partial charge in [-0.2, -0.15) is 5.26 Å². The Bertz CT molecular complexity index is 1140. The van der Waals surface area contributed by atoms with E-state index in [1.165, 1.54) is 28.0 Å². The molecule has 1 aliphatic rings. The molecule has 5 nitrogen and oxygen atoms in total. The van der Waals surface area contributed by atoms with E-state index in [0.29, 0.717) is 20.4 Å². The zero-order valence-corrected chi connectivity index (χ0v) is 18.9. The molecule has 1 aromatic carbocycles. The first-order chi connectivity index (χ1) is 14.0. The van der Waals surface area contributed by atoms with E-state index in [2.05, 4.69) is 23.4 Å². The van der Waals surface area contributed by atoms with Crippen molar-refractivity contribution in [3.8, 4) is 11.8 Å². The van der Waals surface area contributed by atoms with Gasteiger partial charge in [0.2, 0.25) is 5.91 Å². The van der Waals surface area contributed by atoms with Crippen molar-refractivity contribution in [2.75, 3.05) is 11.1 Å². The molecule has 0 fully saturated rings. The van der Waals surface area contributed by atoms with Crippen molar-refractivity contribution in [1.82, 2.24) is 9.78 Å². The molecule has 1 unspecified atom stereocenters. The summed E-state index contributed by atoms with van der Waals surface area (Å²) in [5.74, 6) is 0.715. The molecule has 2 aromatic heterocycles. The Kier molecular flexibility index (Phi) is 6.15. The highest BCUT2D eigenvalue weighted by atomic mass is 32.2. The van der Waals surface area contributed by atoms with Gasteiger partial charge in [-0.15, -0.1) is 16.4 Å². The number of hydrogen-bond donors (Lipinski definition) is 1. The van der Waals surface area contributed by atoms with E-state index in [9.17, 15) is 10.1 Å². The van der Waals surface area contributed by atoms with Crippen LogP contribution in [0.3, 0.4) is 0 Å². The molecule has 3 aromatic rings. The smallest absolute Gasteiger partial charge is 0.235 e. The lowest BCUT2D eigenvalue weighted by Gasteiger charge is -2.17. The Morgan fingerprint density at radius 3 is 2.97 bits per heavy atom. The normalized spacial score (nSPS) is 15.5. The first-order valence-corrected chi connectivity index (χ1v) is 12.2. The fourth-order valence-corrected chi connectivity index (χ4v) is 6.84. The van der Waals surface area contributed by atoms with Crippen molar-refractivity contribution >= 4 is 57.6 Å². The maximum Gasteiger partial charge on any atom is 0.235 e. The number of nitrogens with zero attached hydrogens (tertiary/aromatic N) is 3. The number of rotatable bonds is 5. The summed E-state index contributed by atoms with van der Waals surface area (Å²) in [6.45, 7) is 2.23. The Hall–Kier alpha value is -1.99. The number of benzene rings is 1. The van der Waals surface area contributed by atoms with Gasteiger partial charge in [0.05, 0.1) is 17.0 Å². The molecule has 29 heavy (non-hydrogen) atoms. The lowest BCUT2D eigenvalue weighted by atomic mass is 9.89. The van der Waals surface area contributed by atoms with Gasteiger partial charge in [-0.05, 0) is 55.1 Å². The van der Waals surface area contributed by atoms with E-state index >= 15 is 0 Å². The second kappa shape index (κ2) is 8.79. The van der Waals surface area contributed by atoms with Crippen LogP contribution in [0, 0.1) is 21.2 Å². The number of thioether (sulfide) groups is 1. The molecular weight excluding hydrogens is 441 g/mol. The van der Waals surface area contributed by atoms with Crippen molar-refractivity contribution in [1.29, 1.82) is 5.26 Å². The molecule has 1 aliphatic carbocycles. The molecule has 9 heteroatoms. The van der Waals surface area contributed by atoms with Crippen LogP contribution in [0.25, 0.3) is 5.69 Å². The summed E-state index contributed by atoms with van der Waals surface area (Å²) < 4.78 is 3.10. The third-order valence-corrected chi connectivity index (χ3v) is 8.27. The van der Waals surface area contributed by atoms with Crippen LogP contribution in [0.2, 0.25) is 0 Å². The van der Waals surface area contributed by atoms with Crippen molar-refractivity contribution in [3.63, 3.8) is 0 Å². The van der Waals surface area contributed by atoms with Crippen LogP contribution >= 0.6 is 46.7 Å². The Labute approximate surface area is 186 Å². The Balaban J connectivity index is 1.43. The van der Waals surface area contributed by atoms with Crippen molar-refractivity contribution in [2.24, 2.45) is 5.92 Å². The first kappa shape index (κ1) is 20.3. The number of carbonyl (C=O) groups is 1. The molecule has 0 radical (unpaired) electrons.